The quantitative estimate of drug-likeness (QED) is 0.191. The summed E-state index contributed by atoms with van der Waals surface area (Å²) in [6.45, 7) is 6.07. The number of cyclic esters (lactones) is 1. The fraction of sp³-hybridized carbons (Fsp3) is 0.789. The number of thioether (sulfide) groups is 1. The van der Waals surface area contributed by atoms with E-state index in [1.807, 2.05) is 12.3 Å². The summed E-state index contributed by atoms with van der Waals surface area (Å²) in [7, 11) is 0. The zero-order valence-electron chi connectivity index (χ0n) is 15.1. The molecular weight excluding hydrogens is 340 g/mol. The Hall–Kier alpha value is -0.550. The topological polar surface area (TPSA) is 35.5 Å². The molecule has 0 aromatic carbocycles. The van der Waals surface area contributed by atoms with E-state index < -0.39 is 0 Å². The number of carbonyl (C=O) groups excluding carboxylic acids is 1. The van der Waals surface area contributed by atoms with Gasteiger partial charge in [0.1, 0.15) is 12.2 Å². The van der Waals surface area contributed by atoms with Gasteiger partial charge in [0.2, 0.25) is 4.38 Å². The first-order valence-corrected chi connectivity index (χ1v) is 10.8. The van der Waals surface area contributed by atoms with Crippen molar-refractivity contribution in [2.75, 3.05) is 6.26 Å². The minimum atomic E-state index is -0.246. The molecule has 1 fully saturated rings. The minimum Gasteiger partial charge on any atom is -0.471 e. The van der Waals surface area contributed by atoms with Gasteiger partial charge in [-0.3, -0.25) is 4.79 Å². The van der Waals surface area contributed by atoms with E-state index in [-0.39, 0.29) is 24.1 Å². The van der Waals surface area contributed by atoms with Gasteiger partial charge in [-0.25, -0.2) is 0 Å². The molecule has 0 radical (unpaired) electrons. The number of ether oxygens (including phenoxy) is 2. The molecule has 5 heteroatoms. The molecule has 0 amide bonds. The van der Waals surface area contributed by atoms with E-state index in [4.69, 9.17) is 21.7 Å². The first-order valence-electron chi connectivity index (χ1n) is 9.19. The van der Waals surface area contributed by atoms with Crippen molar-refractivity contribution in [3.8, 4) is 0 Å². The van der Waals surface area contributed by atoms with Crippen LogP contribution in [0.3, 0.4) is 0 Å². The Balaban J connectivity index is 2.38. The van der Waals surface area contributed by atoms with Crippen molar-refractivity contribution in [1.29, 1.82) is 0 Å². The lowest BCUT2D eigenvalue weighted by molar-refractivity contribution is -0.145. The maximum atomic E-state index is 11.6. The molecule has 3 atom stereocenters. The fourth-order valence-electron chi connectivity index (χ4n) is 3.11. The first-order chi connectivity index (χ1) is 11.6. The number of hydrogen-bond donors (Lipinski definition) is 0. The molecule has 0 aromatic heterocycles. The molecule has 1 aliphatic heterocycles. The van der Waals surface area contributed by atoms with Crippen LogP contribution in [-0.4, -0.2) is 28.8 Å². The molecule has 24 heavy (non-hydrogen) atoms. The Bertz CT molecular complexity index is 398. The van der Waals surface area contributed by atoms with Gasteiger partial charge in [-0.05, 0) is 31.3 Å². The lowest BCUT2D eigenvalue weighted by Gasteiger charge is -2.26. The van der Waals surface area contributed by atoms with Gasteiger partial charge in [0.15, 0.2) is 0 Å². The Kier molecular flexibility index (Phi) is 11.4. The van der Waals surface area contributed by atoms with Gasteiger partial charge in [0.25, 0.3) is 0 Å². The highest BCUT2D eigenvalue weighted by Gasteiger charge is 2.39. The molecule has 1 aliphatic rings. The number of esters is 1. The summed E-state index contributed by atoms with van der Waals surface area (Å²) in [6.07, 6.45) is 14.7. The maximum absolute atomic E-state index is 11.6. The molecule has 0 aliphatic carbocycles. The van der Waals surface area contributed by atoms with Crippen molar-refractivity contribution >= 4 is 34.3 Å². The molecule has 3 nitrogen and oxygen atoms in total. The summed E-state index contributed by atoms with van der Waals surface area (Å²) >= 11 is 6.63. The number of rotatable bonds is 12. The summed E-state index contributed by atoms with van der Waals surface area (Å²) in [5.74, 6) is -0.134. The average molecular weight is 373 g/mol. The molecule has 0 bridgehead atoms. The Morgan fingerprint density at radius 1 is 1.33 bits per heavy atom. The van der Waals surface area contributed by atoms with E-state index in [2.05, 4.69) is 13.5 Å². The summed E-state index contributed by atoms with van der Waals surface area (Å²) < 4.78 is 11.9. The van der Waals surface area contributed by atoms with Crippen LogP contribution >= 0.6 is 24.0 Å². The van der Waals surface area contributed by atoms with Crippen LogP contribution in [0.15, 0.2) is 12.7 Å². The molecule has 1 heterocycles. The number of hydrogen-bond acceptors (Lipinski definition) is 5. The second kappa shape index (κ2) is 12.8. The van der Waals surface area contributed by atoms with Crippen molar-refractivity contribution < 1.29 is 14.3 Å². The van der Waals surface area contributed by atoms with Crippen LogP contribution in [0, 0.1) is 5.92 Å². The first kappa shape index (κ1) is 21.5. The predicted molar refractivity (Wildman–Crippen MR) is 106 cm³/mol. The summed E-state index contributed by atoms with van der Waals surface area (Å²) in [5.41, 5.74) is 0. The fourth-order valence-corrected chi connectivity index (χ4v) is 3.45. The highest BCUT2D eigenvalue weighted by atomic mass is 32.2. The van der Waals surface area contributed by atoms with Crippen molar-refractivity contribution in [3.05, 3.63) is 12.7 Å². The number of thiocarbonyl (C=S) groups is 1. The smallest absolute Gasteiger partial charge is 0.306 e. The molecule has 138 valence electrons. The van der Waals surface area contributed by atoms with Gasteiger partial charge in [0.05, 0.1) is 6.42 Å². The van der Waals surface area contributed by atoms with Crippen LogP contribution in [0.25, 0.3) is 0 Å². The third kappa shape index (κ3) is 8.02. The Labute approximate surface area is 156 Å². The van der Waals surface area contributed by atoms with E-state index in [9.17, 15) is 4.79 Å². The maximum Gasteiger partial charge on any atom is 0.306 e. The zero-order valence-corrected chi connectivity index (χ0v) is 16.8. The van der Waals surface area contributed by atoms with Crippen molar-refractivity contribution in [1.82, 2.24) is 0 Å². The second-order valence-electron chi connectivity index (χ2n) is 6.43. The lowest BCUT2D eigenvalue weighted by Crippen LogP contribution is -2.34. The average Bonchev–Trinajstić information content (AvgIpc) is 2.96. The van der Waals surface area contributed by atoms with Gasteiger partial charge in [-0.15, -0.1) is 6.58 Å². The Morgan fingerprint density at radius 2 is 1.96 bits per heavy atom. The molecule has 1 rings (SSSR count). The van der Waals surface area contributed by atoms with Crippen LogP contribution < -0.4 is 0 Å². The van der Waals surface area contributed by atoms with Crippen LogP contribution in [0.4, 0.5) is 0 Å². The summed E-state index contributed by atoms with van der Waals surface area (Å²) in [5, 5.41) is 0. The van der Waals surface area contributed by atoms with E-state index in [1.54, 1.807) is 0 Å². The van der Waals surface area contributed by atoms with Crippen molar-refractivity contribution in [2.24, 2.45) is 5.92 Å². The molecule has 1 saturated heterocycles. The molecule has 0 spiro atoms. The van der Waals surface area contributed by atoms with Crippen LogP contribution in [0.1, 0.15) is 71.1 Å². The highest BCUT2D eigenvalue weighted by molar-refractivity contribution is 8.22. The van der Waals surface area contributed by atoms with Gasteiger partial charge in [-0.1, -0.05) is 69.7 Å². The molecule has 0 unspecified atom stereocenters. The standard InChI is InChI=1S/C19H32O3S2/c1-4-6-7-8-9-10-11-12-13-16(21-19(23)24-3)18-15(5-2)14-17(20)22-18/h5,15-16,18H,2,4,6-14H2,1,3H3/t15-,16-,18-/m0/s1. The molecular formula is C19H32O3S2. The number of unbranched alkanes of at least 4 members (excludes halogenated alkanes) is 7. The number of carbonyl (C=O) groups is 1. The van der Waals surface area contributed by atoms with Crippen molar-refractivity contribution in [3.63, 3.8) is 0 Å². The van der Waals surface area contributed by atoms with Gasteiger partial charge >= 0.3 is 5.97 Å². The molecule has 0 aromatic rings. The van der Waals surface area contributed by atoms with E-state index in [0.717, 1.165) is 12.8 Å². The third-order valence-electron chi connectivity index (χ3n) is 4.52. The normalized spacial score (nSPS) is 21.3. The van der Waals surface area contributed by atoms with Crippen molar-refractivity contribution in [2.45, 2.75) is 83.3 Å². The molecule has 0 N–H and O–H groups in total. The zero-order chi connectivity index (χ0) is 17.8. The third-order valence-corrected chi connectivity index (χ3v) is 5.54. The van der Waals surface area contributed by atoms with Crippen LogP contribution in [-0.2, 0) is 14.3 Å². The Morgan fingerprint density at radius 3 is 2.54 bits per heavy atom. The van der Waals surface area contributed by atoms with Crippen LogP contribution in [0.2, 0.25) is 0 Å². The monoisotopic (exact) mass is 372 g/mol. The highest BCUT2D eigenvalue weighted by Crippen LogP contribution is 2.30. The van der Waals surface area contributed by atoms with E-state index >= 15 is 0 Å². The van der Waals surface area contributed by atoms with Gasteiger partial charge in [0, 0.05) is 5.92 Å². The van der Waals surface area contributed by atoms with Gasteiger partial charge in [-0.2, -0.15) is 0 Å². The van der Waals surface area contributed by atoms with E-state index in [1.165, 1.54) is 56.7 Å². The summed E-state index contributed by atoms with van der Waals surface area (Å²) in [6, 6.07) is 0. The minimum absolute atomic E-state index is 0.0289. The largest absolute Gasteiger partial charge is 0.471 e. The predicted octanol–water partition coefficient (Wildman–Crippen LogP) is 5.67. The molecule has 0 saturated carbocycles. The van der Waals surface area contributed by atoms with E-state index in [0.29, 0.717) is 10.8 Å². The second-order valence-corrected chi connectivity index (χ2v) is 7.84. The lowest BCUT2D eigenvalue weighted by atomic mass is 9.94. The van der Waals surface area contributed by atoms with Gasteiger partial charge < -0.3 is 9.47 Å². The summed E-state index contributed by atoms with van der Waals surface area (Å²) in [4.78, 5) is 11.6. The SMILES string of the molecule is C=C[C@H]1CC(=O)O[C@@H]1[C@H](CCCCCCCCCC)OC(=S)SC. The van der Waals surface area contributed by atoms with Crippen LogP contribution in [0.5, 0.6) is 0 Å².